The first-order valence-corrected chi connectivity index (χ1v) is 7.64. The molecule has 25 heavy (non-hydrogen) atoms. The van der Waals surface area contributed by atoms with E-state index < -0.39 is 0 Å². The number of ether oxygens (including phenoxy) is 1. The van der Waals surface area contributed by atoms with Crippen molar-refractivity contribution in [3.63, 3.8) is 0 Å². The summed E-state index contributed by atoms with van der Waals surface area (Å²) in [7, 11) is 0. The van der Waals surface area contributed by atoms with E-state index in [1.165, 1.54) is 12.1 Å². The summed E-state index contributed by atoms with van der Waals surface area (Å²) in [6.45, 7) is 0.334. The smallest absolute Gasteiger partial charge is 0.207 e. The van der Waals surface area contributed by atoms with Crippen LogP contribution < -0.4 is 10.5 Å². The second-order valence-electron chi connectivity index (χ2n) is 5.54. The fourth-order valence-corrected chi connectivity index (χ4v) is 2.58. The summed E-state index contributed by atoms with van der Waals surface area (Å²) in [4.78, 5) is 4.07. The molecule has 0 aliphatic carbocycles. The zero-order valence-electron chi connectivity index (χ0n) is 13.1. The van der Waals surface area contributed by atoms with Crippen LogP contribution in [0.15, 0.2) is 54.6 Å². The molecule has 0 bridgehead atoms. The van der Waals surface area contributed by atoms with Gasteiger partial charge in [0, 0.05) is 6.07 Å². The number of hydrogen-bond donors (Lipinski definition) is 2. The third-order valence-corrected chi connectivity index (χ3v) is 3.78. The van der Waals surface area contributed by atoms with Crippen molar-refractivity contribution in [3.8, 4) is 16.9 Å². The van der Waals surface area contributed by atoms with E-state index in [0.29, 0.717) is 29.3 Å². The lowest BCUT2D eigenvalue weighted by Crippen LogP contribution is -1.99. The summed E-state index contributed by atoms with van der Waals surface area (Å²) in [5, 5.41) is 10.5. The average molecular weight is 335 g/mol. The first kappa shape index (κ1) is 15.1. The fourth-order valence-electron chi connectivity index (χ4n) is 2.58. The predicted octanol–water partition coefficient (Wildman–Crippen LogP) is 3.32. The minimum absolute atomic E-state index is 0.254. The fraction of sp³-hybridized carbons (Fsp3) is 0.0556. The zero-order chi connectivity index (χ0) is 17.2. The maximum Gasteiger partial charge on any atom is 0.207 e. The van der Waals surface area contributed by atoms with Crippen molar-refractivity contribution in [1.29, 1.82) is 0 Å². The Hall–Kier alpha value is -3.48. The third-order valence-electron chi connectivity index (χ3n) is 3.78. The maximum atomic E-state index is 13.1. The molecule has 4 aromatic rings. The molecule has 0 amide bonds. The van der Waals surface area contributed by atoms with Crippen LogP contribution in [0, 0.1) is 5.82 Å². The number of pyridine rings is 1. The Bertz CT molecular complexity index is 1030. The Morgan fingerprint density at radius 2 is 1.84 bits per heavy atom. The van der Waals surface area contributed by atoms with Gasteiger partial charge in [-0.05, 0) is 34.9 Å². The lowest BCUT2D eigenvalue weighted by Gasteiger charge is -2.09. The van der Waals surface area contributed by atoms with E-state index in [-0.39, 0.29) is 5.82 Å². The van der Waals surface area contributed by atoms with Crippen LogP contribution in [-0.2, 0) is 6.61 Å². The van der Waals surface area contributed by atoms with Gasteiger partial charge < -0.3 is 10.5 Å². The van der Waals surface area contributed by atoms with Crippen LogP contribution in [0.25, 0.3) is 22.3 Å². The van der Waals surface area contributed by atoms with Crippen LogP contribution in [0.3, 0.4) is 0 Å². The van der Waals surface area contributed by atoms with Crippen molar-refractivity contribution in [2.45, 2.75) is 6.61 Å². The summed E-state index contributed by atoms with van der Waals surface area (Å²) in [6, 6.07) is 15.9. The molecule has 3 N–H and O–H groups in total. The predicted molar refractivity (Wildman–Crippen MR) is 92.3 cm³/mol. The first-order chi connectivity index (χ1) is 12.2. The highest BCUT2D eigenvalue weighted by atomic mass is 19.1. The van der Waals surface area contributed by atoms with Crippen LogP contribution in [-0.4, -0.2) is 20.4 Å². The van der Waals surface area contributed by atoms with Gasteiger partial charge in [-0.3, -0.25) is 0 Å². The quantitative estimate of drug-likeness (QED) is 0.597. The van der Waals surface area contributed by atoms with Gasteiger partial charge in [-0.15, -0.1) is 5.10 Å². The Morgan fingerprint density at radius 3 is 2.68 bits per heavy atom. The number of aromatic amines is 1. The lowest BCUT2D eigenvalue weighted by molar-refractivity contribution is 0.309. The van der Waals surface area contributed by atoms with Gasteiger partial charge >= 0.3 is 0 Å². The first-order valence-electron chi connectivity index (χ1n) is 7.64. The maximum absolute atomic E-state index is 13.1. The number of anilines is 1. The highest BCUT2D eigenvalue weighted by molar-refractivity contribution is 5.78. The molecule has 6 nitrogen and oxygen atoms in total. The van der Waals surface area contributed by atoms with Gasteiger partial charge in [0.1, 0.15) is 18.2 Å². The molecule has 7 heteroatoms. The van der Waals surface area contributed by atoms with Crippen molar-refractivity contribution in [2.75, 3.05) is 5.73 Å². The van der Waals surface area contributed by atoms with Gasteiger partial charge in [0.05, 0.1) is 0 Å². The number of H-pyrrole nitrogens is 1. The number of rotatable bonds is 4. The van der Waals surface area contributed by atoms with Crippen molar-refractivity contribution >= 4 is 17.0 Å². The van der Waals surface area contributed by atoms with E-state index in [4.69, 9.17) is 10.5 Å². The average Bonchev–Trinajstić information content (AvgIpc) is 3.09. The molecule has 2 heterocycles. The lowest BCUT2D eigenvalue weighted by atomic mass is 10.0. The monoisotopic (exact) mass is 335 g/mol. The highest BCUT2D eigenvalue weighted by Crippen LogP contribution is 2.25. The molecule has 0 atom stereocenters. The van der Waals surface area contributed by atoms with E-state index in [1.807, 2.05) is 24.3 Å². The molecule has 2 aromatic heterocycles. The molecular weight excluding hydrogens is 321 g/mol. The number of nitrogens with one attached hydrogen (secondary N) is 1. The number of benzene rings is 2. The van der Waals surface area contributed by atoms with Crippen molar-refractivity contribution in [2.24, 2.45) is 0 Å². The Labute approximate surface area is 142 Å². The zero-order valence-corrected chi connectivity index (χ0v) is 13.1. The highest BCUT2D eigenvalue weighted by Gasteiger charge is 2.10. The van der Waals surface area contributed by atoms with E-state index in [9.17, 15) is 4.39 Å². The molecule has 124 valence electrons. The second kappa shape index (κ2) is 6.20. The molecule has 0 radical (unpaired) electrons. The van der Waals surface area contributed by atoms with Gasteiger partial charge in [0.15, 0.2) is 11.3 Å². The number of aromatic nitrogens is 4. The van der Waals surface area contributed by atoms with Gasteiger partial charge in [-0.1, -0.05) is 30.3 Å². The Morgan fingerprint density at radius 1 is 1.00 bits per heavy atom. The molecule has 0 unspecified atom stereocenters. The molecule has 0 aliphatic rings. The molecule has 2 aromatic carbocycles. The number of nitrogen functional groups attached to an aromatic ring is 1. The van der Waals surface area contributed by atoms with Crippen LogP contribution in [0.4, 0.5) is 10.2 Å². The van der Waals surface area contributed by atoms with Gasteiger partial charge in [0.2, 0.25) is 5.65 Å². The molecule has 0 saturated heterocycles. The van der Waals surface area contributed by atoms with Gasteiger partial charge in [-0.2, -0.15) is 10.3 Å². The summed E-state index contributed by atoms with van der Waals surface area (Å²) in [6.07, 6.45) is 0. The van der Waals surface area contributed by atoms with Gasteiger partial charge in [-0.25, -0.2) is 9.37 Å². The van der Waals surface area contributed by atoms with Crippen molar-refractivity contribution in [3.05, 3.63) is 66.0 Å². The number of fused-ring (bicyclic) bond motifs is 1. The minimum Gasteiger partial charge on any atom is -0.486 e. The number of nitrogens with two attached hydrogens (primary N) is 1. The Balaban J connectivity index is 1.58. The van der Waals surface area contributed by atoms with Crippen LogP contribution in [0.5, 0.6) is 5.75 Å². The normalized spacial score (nSPS) is 10.9. The number of hydrogen-bond acceptors (Lipinski definition) is 5. The standard InChI is InChI=1S/C18H14FN5O/c19-14-6-4-12(5-7-14)13-3-1-2-11(8-13)10-25-15-9-16(20)21-18-17(15)22-24-23-18/h1-9H,10H2,(H3,20,21,22,23,24). The molecule has 4 rings (SSSR count). The van der Waals surface area contributed by atoms with Crippen LogP contribution in [0.1, 0.15) is 5.56 Å². The molecule has 0 fully saturated rings. The van der Waals surface area contributed by atoms with Crippen molar-refractivity contribution in [1.82, 2.24) is 20.4 Å². The number of nitrogens with zero attached hydrogens (tertiary/aromatic N) is 3. The summed E-state index contributed by atoms with van der Waals surface area (Å²) < 4.78 is 18.9. The number of halogens is 1. The Kier molecular flexibility index (Phi) is 3.74. The van der Waals surface area contributed by atoms with E-state index in [0.717, 1.165) is 16.7 Å². The second-order valence-corrected chi connectivity index (χ2v) is 5.54. The van der Waals surface area contributed by atoms with E-state index >= 15 is 0 Å². The minimum atomic E-state index is -0.254. The molecule has 0 aliphatic heterocycles. The SMILES string of the molecule is Nc1cc(OCc2cccc(-c3ccc(F)cc3)c2)c2n[nH]nc2n1. The molecule has 0 spiro atoms. The van der Waals surface area contributed by atoms with Crippen molar-refractivity contribution < 1.29 is 9.13 Å². The summed E-state index contributed by atoms with van der Waals surface area (Å²) in [5.41, 5.74) is 9.60. The molecule has 0 saturated carbocycles. The summed E-state index contributed by atoms with van der Waals surface area (Å²) in [5.74, 6) is 0.579. The van der Waals surface area contributed by atoms with E-state index in [2.05, 4.69) is 20.4 Å². The summed E-state index contributed by atoms with van der Waals surface area (Å²) >= 11 is 0. The van der Waals surface area contributed by atoms with E-state index in [1.54, 1.807) is 18.2 Å². The van der Waals surface area contributed by atoms with Crippen LogP contribution >= 0.6 is 0 Å². The third kappa shape index (κ3) is 3.12. The van der Waals surface area contributed by atoms with Crippen LogP contribution in [0.2, 0.25) is 0 Å². The largest absolute Gasteiger partial charge is 0.486 e. The molecular formula is C18H14FN5O. The topological polar surface area (TPSA) is 89.7 Å². The van der Waals surface area contributed by atoms with Gasteiger partial charge in [0.25, 0.3) is 0 Å².